The maximum absolute atomic E-state index is 13.3. The molecule has 0 bridgehead atoms. The number of aromatic nitrogens is 5. The SMILES string of the molecule is CC(OC(=O)CCc1nc2ccccc2n(CCc2ccccc2)c1=O)c1nc(-c2cccnc2)no1. The molecule has 1 unspecified atom stereocenters. The molecule has 0 aliphatic rings. The summed E-state index contributed by atoms with van der Waals surface area (Å²) in [4.78, 5) is 38.8. The van der Waals surface area contributed by atoms with E-state index in [2.05, 4.69) is 20.1 Å². The number of carbonyl (C=O) groups is 1. The summed E-state index contributed by atoms with van der Waals surface area (Å²) in [7, 11) is 0. The van der Waals surface area contributed by atoms with Gasteiger partial charge in [0.15, 0.2) is 6.10 Å². The van der Waals surface area contributed by atoms with Gasteiger partial charge in [-0.15, -0.1) is 0 Å². The molecule has 0 amide bonds. The van der Waals surface area contributed by atoms with Crippen molar-refractivity contribution in [1.82, 2.24) is 24.7 Å². The summed E-state index contributed by atoms with van der Waals surface area (Å²) in [5.74, 6) is 0.0561. The molecule has 9 heteroatoms. The van der Waals surface area contributed by atoms with Crippen LogP contribution in [0.15, 0.2) is 88.4 Å². The molecule has 0 radical (unpaired) electrons. The first-order chi connectivity index (χ1) is 18.1. The lowest BCUT2D eigenvalue weighted by Gasteiger charge is -2.13. The standard InChI is InChI=1S/C28H25N5O4/c1-19(27-31-26(32-37-27)21-10-7-16-29-18-21)36-25(34)14-13-23-28(35)33(17-15-20-8-3-2-4-9-20)24-12-6-5-11-22(24)30-23/h2-12,16,18-19H,13-15,17H2,1H3. The number of rotatable bonds is 9. The maximum Gasteiger partial charge on any atom is 0.306 e. The summed E-state index contributed by atoms with van der Waals surface area (Å²) in [5.41, 5.74) is 3.44. The second kappa shape index (κ2) is 10.9. The highest BCUT2D eigenvalue weighted by Gasteiger charge is 2.20. The molecule has 0 saturated heterocycles. The van der Waals surface area contributed by atoms with Crippen molar-refractivity contribution in [3.63, 3.8) is 0 Å². The lowest BCUT2D eigenvalue weighted by Crippen LogP contribution is -2.27. The van der Waals surface area contributed by atoms with Gasteiger partial charge < -0.3 is 13.8 Å². The van der Waals surface area contributed by atoms with Crippen LogP contribution < -0.4 is 5.56 Å². The van der Waals surface area contributed by atoms with Crippen molar-refractivity contribution in [3.8, 4) is 11.4 Å². The normalized spacial score (nSPS) is 11.9. The van der Waals surface area contributed by atoms with Crippen molar-refractivity contribution in [1.29, 1.82) is 0 Å². The lowest BCUT2D eigenvalue weighted by molar-refractivity contribution is -0.149. The molecule has 9 nitrogen and oxygen atoms in total. The maximum atomic E-state index is 13.3. The Balaban J connectivity index is 1.27. The first kappa shape index (κ1) is 24.1. The van der Waals surface area contributed by atoms with Gasteiger partial charge >= 0.3 is 5.97 Å². The van der Waals surface area contributed by atoms with Crippen molar-refractivity contribution >= 4 is 17.0 Å². The number of benzene rings is 2. The van der Waals surface area contributed by atoms with E-state index in [1.807, 2.05) is 60.7 Å². The molecule has 2 aromatic carbocycles. The Labute approximate surface area is 212 Å². The molecule has 186 valence electrons. The van der Waals surface area contributed by atoms with Crippen LogP contribution in [0, 0.1) is 0 Å². The molecule has 0 aliphatic heterocycles. The quantitative estimate of drug-likeness (QED) is 0.278. The number of esters is 1. The van der Waals surface area contributed by atoms with Crippen LogP contribution in [0.25, 0.3) is 22.4 Å². The number of pyridine rings is 1. The number of hydrogen-bond donors (Lipinski definition) is 0. The van der Waals surface area contributed by atoms with E-state index in [0.29, 0.717) is 35.6 Å². The van der Waals surface area contributed by atoms with Crippen LogP contribution in [0.5, 0.6) is 0 Å². The molecule has 0 spiro atoms. The lowest BCUT2D eigenvalue weighted by atomic mass is 10.1. The van der Waals surface area contributed by atoms with Gasteiger partial charge in [0.2, 0.25) is 5.82 Å². The zero-order valence-electron chi connectivity index (χ0n) is 20.3. The summed E-state index contributed by atoms with van der Waals surface area (Å²) >= 11 is 0. The van der Waals surface area contributed by atoms with Crippen molar-refractivity contribution in [2.24, 2.45) is 0 Å². The molecular weight excluding hydrogens is 470 g/mol. The number of carbonyl (C=O) groups excluding carboxylic acids is 1. The average molecular weight is 496 g/mol. The average Bonchev–Trinajstić information content (AvgIpc) is 3.43. The van der Waals surface area contributed by atoms with E-state index in [1.165, 1.54) is 0 Å². The molecule has 0 aliphatic carbocycles. The van der Waals surface area contributed by atoms with Gasteiger partial charge in [0.1, 0.15) is 5.69 Å². The molecule has 0 N–H and O–H groups in total. The second-order valence-corrected chi connectivity index (χ2v) is 8.57. The number of aryl methyl sites for hydroxylation is 3. The number of para-hydroxylation sites is 2. The first-order valence-electron chi connectivity index (χ1n) is 12.0. The third-order valence-corrected chi connectivity index (χ3v) is 5.97. The Morgan fingerprint density at radius 3 is 2.62 bits per heavy atom. The number of nitrogens with zero attached hydrogens (tertiary/aromatic N) is 5. The monoisotopic (exact) mass is 495 g/mol. The van der Waals surface area contributed by atoms with Gasteiger partial charge in [-0.1, -0.05) is 47.6 Å². The Hall–Kier alpha value is -4.66. The topological polar surface area (TPSA) is 113 Å². The summed E-state index contributed by atoms with van der Waals surface area (Å²) in [5, 5.41) is 3.93. The largest absolute Gasteiger partial charge is 0.453 e. The summed E-state index contributed by atoms with van der Waals surface area (Å²) in [6, 6.07) is 21.1. The van der Waals surface area contributed by atoms with Crippen LogP contribution in [0.1, 0.15) is 36.6 Å². The summed E-state index contributed by atoms with van der Waals surface area (Å²) < 4.78 is 12.5. The Morgan fingerprint density at radius 1 is 1.00 bits per heavy atom. The fraction of sp³-hybridized carbons (Fsp3) is 0.214. The van der Waals surface area contributed by atoms with Crippen molar-refractivity contribution < 1.29 is 14.1 Å². The molecule has 1 atom stereocenters. The second-order valence-electron chi connectivity index (χ2n) is 8.57. The van der Waals surface area contributed by atoms with Crippen LogP contribution >= 0.6 is 0 Å². The summed E-state index contributed by atoms with van der Waals surface area (Å²) in [6.45, 7) is 2.17. The number of ether oxygens (including phenoxy) is 1. The Kier molecular flexibility index (Phi) is 7.12. The van der Waals surface area contributed by atoms with E-state index in [9.17, 15) is 9.59 Å². The third kappa shape index (κ3) is 5.61. The van der Waals surface area contributed by atoms with E-state index in [-0.39, 0.29) is 24.3 Å². The van der Waals surface area contributed by atoms with E-state index >= 15 is 0 Å². The van der Waals surface area contributed by atoms with Crippen molar-refractivity contribution in [2.45, 2.75) is 38.8 Å². The van der Waals surface area contributed by atoms with E-state index in [0.717, 1.165) is 11.1 Å². The minimum Gasteiger partial charge on any atom is -0.453 e. The predicted octanol–water partition coefficient (Wildman–Crippen LogP) is 4.32. The van der Waals surface area contributed by atoms with Crippen LogP contribution in [0.3, 0.4) is 0 Å². The predicted molar refractivity (Wildman–Crippen MR) is 137 cm³/mol. The van der Waals surface area contributed by atoms with Gasteiger partial charge in [-0.25, -0.2) is 4.98 Å². The van der Waals surface area contributed by atoms with Crippen LogP contribution in [-0.2, 0) is 28.9 Å². The molecule has 0 saturated carbocycles. The van der Waals surface area contributed by atoms with E-state index < -0.39 is 12.1 Å². The van der Waals surface area contributed by atoms with Crippen molar-refractivity contribution in [2.75, 3.05) is 0 Å². The van der Waals surface area contributed by atoms with Gasteiger partial charge in [-0.2, -0.15) is 4.98 Å². The van der Waals surface area contributed by atoms with E-state index in [1.54, 1.807) is 30.0 Å². The third-order valence-electron chi connectivity index (χ3n) is 5.97. The molecule has 37 heavy (non-hydrogen) atoms. The molecule has 0 fully saturated rings. The van der Waals surface area contributed by atoms with Gasteiger partial charge in [0.25, 0.3) is 11.4 Å². The zero-order valence-corrected chi connectivity index (χ0v) is 20.3. The fourth-order valence-corrected chi connectivity index (χ4v) is 4.06. The van der Waals surface area contributed by atoms with E-state index in [4.69, 9.17) is 9.26 Å². The van der Waals surface area contributed by atoms with Gasteiger partial charge in [0, 0.05) is 30.9 Å². The van der Waals surface area contributed by atoms with Crippen molar-refractivity contribution in [3.05, 3.63) is 107 Å². The molecule has 3 aromatic heterocycles. The number of fused-ring (bicyclic) bond motifs is 1. The highest BCUT2D eigenvalue weighted by Crippen LogP contribution is 2.20. The molecular formula is C28H25N5O4. The van der Waals surface area contributed by atoms with Crippen LogP contribution in [-0.4, -0.2) is 30.6 Å². The zero-order chi connectivity index (χ0) is 25.6. The van der Waals surface area contributed by atoms with Gasteiger partial charge in [0.05, 0.1) is 17.5 Å². The molecule has 5 aromatic rings. The van der Waals surface area contributed by atoms with Gasteiger partial charge in [-0.05, 0) is 43.2 Å². The molecule has 3 heterocycles. The highest BCUT2D eigenvalue weighted by atomic mass is 16.6. The highest BCUT2D eigenvalue weighted by molar-refractivity contribution is 5.75. The Morgan fingerprint density at radius 2 is 1.81 bits per heavy atom. The molecule has 5 rings (SSSR count). The first-order valence-corrected chi connectivity index (χ1v) is 12.0. The number of hydrogen-bond acceptors (Lipinski definition) is 8. The van der Waals surface area contributed by atoms with Crippen LogP contribution in [0.4, 0.5) is 0 Å². The minimum atomic E-state index is -0.738. The summed E-state index contributed by atoms with van der Waals surface area (Å²) in [6.07, 6.45) is 3.39. The fourth-order valence-electron chi connectivity index (χ4n) is 4.06. The van der Waals surface area contributed by atoms with Gasteiger partial charge in [-0.3, -0.25) is 14.6 Å². The minimum absolute atomic E-state index is 0.00674. The Bertz CT molecular complexity index is 1560. The van der Waals surface area contributed by atoms with Crippen LogP contribution in [0.2, 0.25) is 0 Å². The smallest absolute Gasteiger partial charge is 0.306 e.